The number of ether oxygens (including phenoxy) is 2. The van der Waals surface area contributed by atoms with Crippen LogP contribution >= 0.6 is 0 Å². The van der Waals surface area contributed by atoms with E-state index in [-0.39, 0.29) is 6.61 Å². The van der Waals surface area contributed by atoms with Gasteiger partial charge in [0.1, 0.15) is 0 Å². The molecule has 0 unspecified atom stereocenters. The fourth-order valence-corrected chi connectivity index (χ4v) is 1.67. The Morgan fingerprint density at radius 1 is 1.13 bits per heavy atom. The number of benzene rings is 1. The first-order valence-corrected chi connectivity index (χ1v) is 5.06. The van der Waals surface area contributed by atoms with Gasteiger partial charge in [0.25, 0.3) is 0 Å². The Kier molecular flexibility index (Phi) is 4.75. The second-order valence-electron chi connectivity index (χ2n) is 3.35. The van der Waals surface area contributed by atoms with Crippen molar-refractivity contribution in [1.82, 2.24) is 0 Å². The average Bonchev–Trinajstić information content (AvgIpc) is 2.33. The van der Waals surface area contributed by atoms with Crippen LogP contribution in [-0.4, -0.2) is 25.9 Å². The van der Waals surface area contributed by atoms with Crippen molar-refractivity contribution in [2.75, 3.05) is 20.8 Å². The smallest absolute Gasteiger partial charge is 0.194 e. The molecule has 0 aliphatic carbocycles. The Morgan fingerprint density at radius 3 is 2.20 bits per heavy atom. The summed E-state index contributed by atoms with van der Waals surface area (Å²) in [7, 11) is 3.24. The molecule has 1 aromatic carbocycles. The molecule has 15 heavy (non-hydrogen) atoms. The number of rotatable bonds is 6. The van der Waals surface area contributed by atoms with E-state index in [9.17, 15) is 0 Å². The quantitative estimate of drug-likeness (QED) is 0.729. The predicted octanol–water partition coefficient (Wildman–Crippen LogP) is 1.90. The van der Waals surface area contributed by atoms with E-state index in [1.165, 1.54) is 0 Å². The Labute approximate surface area is 90.6 Å². The van der Waals surface area contributed by atoms with Crippen molar-refractivity contribution in [2.45, 2.75) is 18.6 Å². The van der Waals surface area contributed by atoms with Crippen LogP contribution in [-0.2, 0) is 15.3 Å². The number of methoxy groups -OCH3 is 2. The lowest BCUT2D eigenvalue weighted by Gasteiger charge is -2.31. The zero-order chi connectivity index (χ0) is 11.1. The van der Waals surface area contributed by atoms with E-state index in [1.54, 1.807) is 14.2 Å². The third-order valence-electron chi connectivity index (χ3n) is 2.54. The van der Waals surface area contributed by atoms with E-state index in [2.05, 4.69) is 0 Å². The lowest BCUT2D eigenvalue weighted by molar-refractivity contribution is -0.221. The van der Waals surface area contributed by atoms with Crippen molar-refractivity contribution in [3.05, 3.63) is 35.9 Å². The summed E-state index contributed by atoms with van der Waals surface area (Å²) in [6.45, 7) is 0.140. The fourth-order valence-electron chi connectivity index (χ4n) is 1.67. The maximum atomic E-state index is 8.86. The third-order valence-corrected chi connectivity index (χ3v) is 2.54. The van der Waals surface area contributed by atoms with Gasteiger partial charge in [0.2, 0.25) is 0 Å². The largest absolute Gasteiger partial charge is 0.396 e. The molecule has 1 N–H and O–H groups in total. The maximum Gasteiger partial charge on any atom is 0.194 e. The van der Waals surface area contributed by atoms with Crippen molar-refractivity contribution in [3.63, 3.8) is 0 Å². The SMILES string of the molecule is COC(CCCO)(OC)c1ccccc1. The minimum atomic E-state index is -0.732. The standard InChI is InChI=1S/C12H18O3/c1-14-12(15-2,9-6-10-13)11-7-4-3-5-8-11/h3-5,7-8,13H,6,9-10H2,1-2H3. The molecular formula is C12H18O3. The highest BCUT2D eigenvalue weighted by atomic mass is 16.7. The minimum absolute atomic E-state index is 0.140. The van der Waals surface area contributed by atoms with Crippen LogP contribution in [0.1, 0.15) is 18.4 Å². The topological polar surface area (TPSA) is 38.7 Å². The lowest BCUT2D eigenvalue weighted by Crippen LogP contribution is -2.31. The van der Waals surface area contributed by atoms with Crippen LogP contribution in [0.15, 0.2) is 30.3 Å². The Hall–Kier alpha value is -0.900. The third kappa shape index (κ3) is 2.78. The molecule has 0 saturated heterocycles. The Morgan fingerprint density at radius 2 is 1.73 bits per heavy atom. The molecule has 1 aromatic rings. The molecule has 3 heteroatoms. The number of aliphatic hydroxyl groups is 1. The average molecular weight is 210 g/mol. The van der Waals surface area contributed by atoms with Gasteiger partial charge in [-0.25, -0.2) is 0 Å². The van der Waals surface area contributed by atoms with Crippen molar-refractivity contribution >= 4 is 0 Å². The summed E-state index contributed by atoms with van der Waals surface area (Å²) >= 11 is 0. The van der Waals surface area contributed by atoms with Gasteiger partial charge in [-0.15, -0.1) is 0 Å². The normalized spacial score (nSPS) is 11.7. The first-order valence-electron chi connectivity index (χ1n) is 5.06. The molecule has 0 aromatic heterocycles. The van der Waals surface area contributed by atoms with Gasteiger partial charge in [0.05, 0.1) is 0 Å². The van der Waals surface area contributed by atoms with Crippen molar-refractivity contribution in [1.29, 1.82) is 0 Å². The van der Waals surface area contributed by atoms with Crippen molar-refractivity contribution in [3.8, 4) is 0 Å². The minimum Gasteiger partial charge on any atom is -0.396 e. The molecule has 0 spiro atoms. The van der Waals surface area contributed by atoms with Crippen LogP contribution in [0.4, 0.5) is 0 Å². The van der Waals surface area contributed by atoms with Gasteiger partial charge in [-0.05, 0) is 6.42 Å². The van der Waals surface area contributed by atoms with Gasteiger partial charge in [0, 0.05) is 32.8 Å². The van der Waals surface area contributed by atoms with Crippen LogP contribution in [0, 0.1) is 0 Å². The van der Waals surface area contributed by atoms with E-state index in [4.69, 9.17) is 14.6 Å². The van der Waals surface area contributed by atoms with E-state index in [0.717, 1.165) is 5.56 Å². The molecule has 0 aliphatic rings. The van der Waals surface area contributed by atoms with Gasteiger partial charge in [-0.2, -0.15) is 0 Å². The second kappa shape index (κ2) is 5.85. The van der Waals surface area contributed by atoms with Gasteiger partial charge < -0.3 is 14.6 Å². The molecule has 0 radical (unpaired) electrons. The first-order chi connectivity index (χ1) is 7.29. The summed E-state index contributed by atoms with van der Waals surface area (Å²) in [4.78, 5) is 0. The molecule has 0 amide bonds. The molecule has 0 heterocycles. The number of aliphatic hydroxyl groups excluding tert-OH is 1. The summed E-state index contributed by atoms with van der Waals surface area (Å²) in [5, 5.41) is 8.86. The molecule has 0 aliphatic heterocycles. The zero-order valence-electron chi connectivity index (χ0n) is 9.27. The highest BCUT2D eigenvalue weighted by Crippen LogP contribution is 2.30. The molecule has 3 nitrogen and oxygen atoms in total. The van der Waals surface area contributed by atoms with Crippen LogP contribution < -0.4 is 0 Å². The molecular weight excluding hydrogens is 192 g/mol. The molecule has 0 saturated carbocycles. The van der Waals surface area contributed by atoms with Gasteiger partial charge in [-0.3, -0.25) is 0 Å². The van der Waals surface area contributed by atoms with Crippen molar-refractivity contribution in [2.24, 2.45) is 0 Å². The van der Waals surface area contributed by atoms with E-state index < -0.39 is 5.79 Å². The highest BCUT2D eigenvalue weighted by molar-refractivity contribution is 5.20. The Bertz CT molecular complexity index is 267. The summed E-state index contributed by atoms with van der Waals surface area (Å²) < 4.78 is 10.9. The molecule has 0 atom stereocenters. The zero-order valence-corrected chi connectivity index (χ0v) is 9.27. The van der Waals surface area contributed by atoms with Gasteiger partial charge in [0.15, 0.2) is 5.79 Å². The van der Waals surface area contributed by atoms with E-state index >= 15 is 0 Å². The van der Waals surface area contributed by atoms with Gasteiger partial charge in [-0.1, -0.05) is 30.3 Å². The van der Waals surface area contributed by atoms with Crippen LogP contribution in [0.3, 0.4) is 0 Å². The van der Waals surface area contributed by atoms with E-state index in [0.29, 0.717) is 12.8 Å². The first kappa shape index (κ1) is 12.2. The maximum absolute atomic E-state index is 8.86. The Balaban J connectivity index is 2.89. The predicted molar refractivity (Wildman–Crippen MR) is 58.5 cm³/mol. The summed E-state index contributed by atoms with van der Waals surface area (Å²) in [6, 6.07) is 9.77. The van der Waals surface area contributed by atoms with E-state index in [1.807, 2.05) is 30.3 Å². The van der Waals surface area contributed by atoms with Gasteiger partial charge >= 0.3 is 0 Å². The highest BCUT2D eigenvalue weighted by Gasteiger charge is 2.30. The van der Waals surface area contributed by atoms with Crippen LogP contribution in [0.5, 0.6) is 0 Å². The molecule has 0 fully saturated rings. The van der Waals surface area contributed by atoms with Crippen molar-refractivity contribution < 1.29 is 14.6 Å². The van der Waals surface area contributed by atoms with Crippen LogP contribution in [0.25, 0.3) is 0 Å². The monoisotopic (exact) mass is 210 g/mol. The summed E-state index contributed by atoms with van der Waals surface area (Å²) in [5.74, 6) is -0.732. The molecule has 1 rings (SSSR count). The number of hydrogen-bond acceptors (Lipinski definition) is 3. The fraction of sp³-hybridized carbons (Fsp3) is 0.500. The summed E-state index contributed by atoms with van der Waals surface area (Å²) in [6.07, 6.45) is 1.29. The summed E-state index contributed by atoms with van der Waals surface area (Å²) in [5.41, 5.74) is 0.975. The number of hydrogen-bond donors (Lipinski definition) is 1. The van der Waals surface area contributed by atoms with Crippen LogP contribution in [0.2, 0.25) is 0 Å². The second-order valence-corrected chi connectivity index (χ2v) is 3.35. The molecule has 0 bridgehead atoms. The lowest BCUT2D eigenvalue weighted by atomic mass is 10.0. The molecule has 84 valence electrons.